The van der Waals surface area contributed by atoms with E-state index >= 15 is 0 Å². The Morgan fingerprint density at radius 3 is 2.36 bits per heavy atom. The molecule has 1 aliphatic rings. The van der Waals surface area contributed by atoms with Gasteiger partial charge >= 0.3 is 0 Å². The van der Waals surface area contributed by atoms with Crippen molar-refractivity contribution in [1.82, 2.24) is 9.88 Å². The third-order valence-electron chi connectivity index (χ3n) is 6.40. The first-order valence-electron chi connectivity index (χ1n) is 11.1. The van der Waals surface area contributed by atoms with Crippen molar-refractivity contribution in [3.05, 3.63) is 100 Å². The number of anilines is 1. The van der Waals surface area contributed by atoms with Gasteiger partial charge in [-0.25, -0.2) is 4.39 Å². The molecule has 1 N–H and O–H groups in total. The van der Waals surface area contributed by atoms with Crippen LogP contribution in [0.5, 0.6) is 5.75 Å². The van der Waals surface area contributed by atoms with E-state index in [0.717, 1.165) is 48.4 Å². The highest BCUT2D eigenvalue weighted by molar-refractivity contribution is 6.35. The van der Waals surface area contributed by atoms with Gasteiger partial charge in [0.15, 0.2) is 0 Å². The average molecular weight is 462 g/mol. The number of halogens is 2. The highest BCUT2D eigenvalue weighted by Gasteiger charge is 2.30. The van der Waals surface area contributed by atoms with E-state index in [1.165, 1.54) is 17.7 Å². The van der Waals surface area contributed by atoms with Crippen LogP contribution in [-0.4, -0.2) is 41.2 Å². The van der Waals surface area contributed by atoms with E-state index < -0.39 is 0 Å². The number of phenolic OH excluding ortho intramolecular Hbond substituents is 1. The summed E-state index contributed by atoms with van der Waals surface area (Å²) in [5.74, 6) is -0.0596. The Hall–Kier alpha value is -3.15. The van der Waals surface area contributed by atoms with Gasteiger partial charge in [-0.3, -0.25) is 9.88 Å². The fourth-order valence-electron chi connectivity index (χ4n) is 4.64. The SMILES string of the molecule is Cc1ccc(C(c2cc(Cl)c3cccnc3c2O)N2CCN(c3ccc(F)cc3)CC2)cc1. The van der Waals surface area contributed by atoms with Crippen LogP contribution in [0.4, 0.5) is 10.1 Å². The number of hydrogen-bond donors (Lipinski definition) is 1. The van der Waals surface area contributed by atoms with Crippen molar-refractivity contribution in [3.8, 4) is 5.75 Å². The van der Waals surface area contributed by atoms with Gasteiger partial charge in [-0.1, -0.05) is 41.4 Å². The molecule has 5 rings (SSSR count). The zero-order valence-electron chi connectivity index (χ0n) is 18.4. The van der Waals surface area contributed by atoms with Crippen molar-refractivity contribution in [3.63, 3.8) is 0 Å². The van der Waals surface area contributed by atoms with Crippen LogP contribution in [0, 0.1) is 12.7 Å². The Morgan fingerprint density at radius 1 is 0.970 bits per heavy atom. The van der Waals surface area contributed by atoms with Gasteiger partial charge in [0, 0.05) is 49.0 Å². The van der Waals surface area contributed by atoms with Gasteiger partial charge in [0.05, 0.1) is 11.1 Å². The maximum absolute atomic E-state index is 13.3. The van der Waals surface area contributed by atoms with E-state index in [1.807, 2.05) is 30.3 Å². The molecule has 0 aliphatic carbocycles. The smallest absolute Gasteiger partial charge is 0.147 e. The van der Waals surface area contributed by atoms with Crippen molar-refractivity contribution < 1.29 is 9.50 Å². The van der Waals surface area contributed by atoms with Crippen LogP contribution in [0.2, 0.25) is 5.02 Å². The molecule has 1 atom stereocenters. The van der Waals surface area contributed by atoms with Gasteiger partial charge in [-0.15, -0.1) is 0 Å². The van der Waals surface area contributed by atoms with Crippen LogP contribution >= 0.6 is 11.6 Å². The van der Waals surface area contributed by atoms with Crippen molar-refractivity contribution in [2.75, 3.05) is 31.1 Å². The first-order valence-corrected chi connectivity index (χ1v) is 11.5. The summed E-state index contributed by atoms with van der Waals surface area (Å²) < 4.78 is 13.3. The summed E-state index contributed by atoms with van der Waals surface area (Å²) >= 11 is 6.64. The maximum Gasteiger partial charge on any atom is 0.147 e. The minimum Gasteiger partial charge on any atom is -0.505 e. The second kappa shape index (κ2) is 9.00. The molecule has 0 radical (unpaired) electrons. The number of nitrogens with zero attached hydrogens (tertiary/aromatic N) is 3. The fraction of sp³-hybridized carbons (Fsp3) is 0.222. The predicted molar refractivity (Wildman–Crippen MR) is 132 cm³/mol. The summed E-state index contributed by atoms with van der Waals surface area (Å²) in [6.07, 6.45) is 1.67. The molecule has 0 amide bonds. The standard InChI is InChI=1S/C27H25ClFN3O/c1-18-4-6-19(7-5-18)26(23-17-24(28)22-3-2-12-30-25(22)27(23)33)32-15-13-31(14-16-32)21-10-8-20(29)9-11-21/h2-12,17,26,33H,13-16H2,1H3. The molecule has 2 heterocycles. The molecule has 4 nitrogen and oxygen atoms in total. The molecule has 168 valence electrons. The molecule has 0 bridgehead atoms. The largest absolute Gasteiger partial charge is 0.505 e. The Kier molecular flexibility index (Phi) is 5.92. The lowest BCUT2D eigenvalue weighted by molar-refractivity contribution is 0.209. The number of aromatic hydroxyl groups is 1. The molecule has 6 heteroatoms. The molecular weight excluding hydrogens is 437 g/mol. The molecule has 1 aliphatic heterocycles. The van der Waals surface area contributed by atoms with E-state index in [2.05, 4.69) is 46.0 Å². The quantitative estimate of drug-likeness (QED) is 0.407. The summed E-state index contributed by atoms with van der Waals surface area (Å²) in [7, 11) is 0. The third-order valence-corrected chi connectivity index (χ3v) is 6.72. The minimum atomic E-state index is -0.228. The summed E-state index contributed by atoms with van der Waals surface area (Å²) in [5, 5.41) is 12.6. The average Bonchev–Trinajstić information content (AvgIpc) is 2.84. The van der Waals surface area contributed by atoms with E-state index in [-0.39, 0.29) is 17.6 Å². The van der Waals surface area contributed by atoms with Gasteiger partial charge in [0.1, 0.15) is 17.1 Å². The van der Waals surface area contributed by atoms with Crippen molar-refractivity contribution in [1.29, 1.82) is 0 Å². The van der Waals surface area contributed by atoms with Crippen LogP contribution < -0.4 is 4.90 Å². The number of rotatable bonds is 4. The zero-order chi connectivity index (χ0) is 22.9. The van der Waals surface area contributed by atoms with Crippen molar-refractivity contribution in [2.45, 2.75) is 13.0 Å². The third kappa shape index (κ3) is 4.26. The van der Waals surface area contributed by atoms with E-state index in [4.69, 9.17) is 11.6 Å². The zero-order valence-corrected chi connectivity index (χ0v) is 19.1. The maximum atomic E-state index is 13.3. The van der Waals surface area contributed by atoms with Gasteiger partial charge in [0.25, 0.3) is 0 Å². The Morgan fingerprint density at radius 2 is 1.67 bits per heavy atom. The number of aromatic nitrogens is 1. The number of benzene rings is 3. The highest BCUT2D eigenvalue weighted by Crippen LogP contribution is 2.41. The van der Waals surface area contributed by atoms with E-state index in [1.54, 1.807) is 6.20 Å². The molecule has 1 unspecified atom stereocenters. The van der Waals surface area contributed by atoms with Crippen LogP contribution in [0.15, 0.2) is 72.9 Å². The van der Waals surface area contributed by atoms with E-state index in [0.29, 0.717) is 10.5 Å². The first kappa shape index (κ1) is 21.7. The Balaban J connectivity index is 1.52. The van der Waals surface area contributed by atoms with Gasteiger partial charge in [-0.05, 0) is 55.0 Å². The highest BCUT2D eigenvalue weighted by atomic mass is 35.5. The molecule has 3 aromatic carbocycles. The molecule has 0 spiro atoms. The number of piperazine rings is 1. The molecular formula is C27H25ClFN3O. The topological polar surface area (TPSA) is 39.6 Å². The van der Waals surface area contributed by atoms with Crippen LogP contribution in [0.25, 0.3) is 10.9 Å². The lowest BCUT2D eigenvalue weighted by atomic mass is 9.93. The Bertz CT molecular complexity index is 1270. The number of hydrogen-bond acceptors (Lipinski definition) is 4. The number of aryl methyl sites for hydroxylation is 1. The van der Waals surface area contributed by atoms with Crippen molar-refractivity contribution in [2.24, 2.45) is 0 Å². The monoisotopic (exact) mass is 461 g/mol. The summed E-state index contributed by atoms with van der Waals surface area (Å²) in [6.45, 7) is 5.23. The first-order chi connectivity index (χ1) is 16.0. The van der Waals surface area contributed by atoms with Crippen molar-refractivity contribution >= 4 is 28.2 Å². The molecule has 1 saturated heterocycles. The van der Waals surface area contributed by atoms with Gasteiger partial charge in [-0.2, -0.15) is 0 Å². The second-order valence-electron chi connectivity index (χ2n) is 8.51. The molecule has 1 aromatic heterocycles. The number of phenols is 1. The summed E-state index contributed by atoms with van der Waals surface area (Å²) in [4.78, 5) is 9.03. The fourth-order valence-corrected chi connectivity index (χ4v) is 4.91. The normalized spacial score (nSPS) is 15.7. The molecule has 0 saturated carbocycles. The van der Waals surface area contributed by atoms with E-state index in [9.17, 15) is 9.50 Å². The molecule has 4 aromatic rings. The number of pyridine rings is 1. The molecule has 33 heavy (non-hydrogen) atoms. The summed E-state index contributed by atoms with van der Waals surface area (Å²) in [6, 6.07) is 20.5. The lowest BCUT2D eigenvalue weighted by Gasteiger charge is -2.41. The van der Waals surface area contributed by atoms with Crippen LogP contribution in [-0.2, 0) is 0 Å². The summed E-state index contributed by atoms with van der Waals surface area (Å²) in [5.41, 5.74) is 4.56. The number of fused-ring (bicyclic) bond motifs is 1. The second-order valence-corrected chi connectivity index (χ2v) is 8.92. The Labute approximate surface area is 197 Å². The predicted octanol–water partition coefficient (Wildman–Crippen LogP) is 5.95. The lowest BCUT2D eigenvalue weighted by Crippen LogP contribution is -2.48. The van der Waals surface area contributed by atoms with Crippen LogP contribution in [0.1, 0.15) is 22.7 Å². The molecule has 1 fully saturated rings. The minimum absolute atomic E-state index is 0.162. The van der Waals surface area contributed by atoms with Gasteiger partial charge in [0.2, 0.25) is 0 Å². The van der Waals surface area contributed by atoms with Gasteiger partial charge < -0.3 is 10.0 Å². The van der Waals surface area contributed by atoms with Crippen LogP contribution in [0.3, 0.4) is 0 Å².